The maximum atomic E-state index is 12.1. The summed E-state index contributed by atoms with van der Waals surface area (Å²) in [7, 11) is 0. The van der Waals surface area contributed by atoms with Crippen molar-refractivity contribution in [1.29, 1.82) is 0 Å². The molecule has 2 aliphatic rings. The van der Waals surface area contributed by atoms with E-state index in [1.54, 1.807) is 0 Å². The van der Waals surface area contributed by atoms with E-state index in [-0.39, 0.29) is 17.5 Å². The van der Waals surface area contributed by atoms with Gasteiger partial charge in [-0.25, -0.2) is 0 Å². The Bertz CT molecular complexity index is 241. The number of rotatable bonds is 4. The fourth-order valence-corrected chi connectivity index (χ4v) is 3.46. The Morgan fingerprint density at radius 1 is 1.24 bits per heavy atom. The van der Waals surface area contributed by atoms with E-state index in [1.165, 1.54) is 12.8 Å². The van der Waals surface area contributed by atoms with Crippen molar-refractivity contribution in [2.75, 3.05) is 25.4 Å². The molecule has 0 amide bonds. The van der Waals surface area contributed by atoms with Crippen LogP contribution in [0.15, 0.2) is 0 Å². The van der Waals surface area contributed by atoms with Crippen LogP contribution in [-0.2, 0) is 0 Å². The van der Waals surface area contributed by atoms with Gasteiger partial charge in [-0.3, -0.25) is 4.90 Å². The van der Waals surface area contributed by atoms with Crippen LogP contribution in [0, 0.1) is 0 Å². The molecule has 2 rings (SSSR count). The summed E-state index contributed by atoms with van der Waals surface area (Å²) in [6.45, 7) is 2.58. The van der Waals surface area contributed by atoms with E-state index in [0.717, 1.165) is 25.9 Å². The molecular weight excluding hydrogens is 249 g/mol. The molecule has 1 N–H and O–H groups in total. The Kier molecular flexibility index (Phi) is 4.60. The van der Waals surface area contributed by atoms with Crippen molar-refractivity contribution in [1.82, 2.24) is 10.2 Å². The number of hydrogen-bond acceptors (Lipinski definition) is 3. The zero-order valence-corrected chi connectivity index (χ0v) is 10.6. The van der Waals surface area contributed by atoms with Crippen molar-refractivity contribution in [3.8, 4) is 0 Å². The third kappa shape index (κ3) is 4.03. The van der Waals surface area contributed by atoms with E-state index >= 15 is 0 Å². The van der Waals surface area contributed by atoms with Gasteiger partial charge in [0.05, 0.1) is 0 Å². The average Bonchev–Trinajstić information content (AvgIpc) is 2.82. The molecule has 2 atom stereocenters. The van der Waals surface area contributed by atoms with Gasteiger partial charge in [0, 0.05) is 24.4 Å². The first-order chi connectivity index (χ1) is 8.06. The lowest BCUT2D eigenvalue weighted by Crippen LogP contribution is -2.44. The van der Waals surface area contributed by atoms with Gasteiger partial charge >= 0.3 is 5.51 Å². The summed E-state index contributed by atoms with van der Waals surface area (Å²) >= 11 is 0.103. The zero-order valence-electron chi connectivity index (χ0n) is 9.80. The van der Waals surface area contributed by atoms with E-state index in [4.69, 9.17) is 0 Å². The smallest absolute Gasteiger partial charge is 0.312 e. The van der Waals surface area contributed by atoms with Crippen LogP contribution in [0.2, 0.25) is 0 Å². The number of halogens is 3. The number of thioether (sulfide) groups is 1. The Morgan fingerprint density at radius 3 is 2.71 bits per heavy atom. The van der Waals surface area contributed by atoms with Gasteiger partial charge in [0.2, 0.25) is 0 Å². The normalized spacial score (nSPS) is 31.2. The molecule has 0 spiro atoms. The van der Waals surface area contributed by atoms with Gasteiger partial charge in [0.15, 0.2) is 0 Å². The number of likely N-dealkylation sites (tertiary alicyclic amines) is 1. The quantitative estimate of drug-likeness (QED) is 0.843. The molecule has 0 saturated carbocycles. The van der Waals surface area contributed by atoms with Crippen LogP contribution >= 0.6 is 11.8 Å². The van der Waals surface area contributed by atoms with Gasteiger partial charge in [0.25, 0.3) is 0 Å². The van der Waals surface area contributed by atoms with E-state index in [2.05, 4.69) is 10.2 Å². The number of nitrogens with one attached hydrogen (secondary N) is 1. The maximum absolute atomic E-state index is 12.1. The Balaban J connectivity index is 1.75. The standard InChI is InChI=1S/C11H19F3N2S/c12-11(13,14)17-8-7-16-6-2-4-10(16)9-3-1-5-15-9/h9-10,15H,1-8H2. The molecule has 2 heterocycles. The summed E-state index contributed by atoms with van der Waals surface area (Å²) in [6.07, 6.45) is 4.63. The lowest BCUT2D eigenvalue weighted by atomic mass is 10.0. The third-order valence-electron chi connectivity index (χ3n) is 3.62. The summed E-state index contributed by atoms with van der Waals surface area (Å²) in [5.74, 6) is 0.159. The second-order valence-electron chi connectivity index (χ2n) is 4.74. The van der Waals surface area contributed by atoms with E-state index in [9.17, 15) is 13.2 Å². The number of hydrogen-bond donors (Lipinski definition) is 1. The molecule has 2 fully saturated rings. The lowest BCUT2D eigenvalue weighted by molar-refractivity contribution is -0.0329. The Labute approximate surface area is 104 Å². The largest absolute Gasteiger partial charge is 0.441 e. The predicted molar refractivity (Wildman–Crippen MR) is 64.1 cm³/mol. The molecule has 2 nitrogen and oxygen atoms in total. The maximum Gasteiger partial charge on any atom is 0.441 e. The van der Waals surface area contributed by atoms with Crippen LogP contribution in [0.25, 0.3) is 0 Å². The van der Waals surface area contributed by atoms with Crippen molar-refractivity contribution in [3.05, 3.63) is 0 Å². The van der Waals surface area contributed by atoms with Gasteiger partial charge in [-0.2, -0.15) is 13.2 Å². The van der Waals surface area contributed by atoms with Crippen LogP contribution in [0.3, 0.4) is 0 Å². The monoisotopic (exact) mass is 268 g/mol. The second-order valence-corrected chi connectivity index (χ2v) is 5.90. The van der Waals surface area contributed by atoms with Crippen LogP contribution in [0.1, 0.15) is 25.7 Å². The first-order valence-corrected chi connectivity index (χ1v) is 7.23. The molecule has 0 bridgehead atoms. The van der Waals surface area contributed by atoms with Crippen molar-refractivity contribution in [2.45, 2.75) is 43.3 Å². The molecular formula is C11H19F3N2S. The molecule has 0 aromatic heterocycles. The SMILES string of the molecule is FC(F)(F)SCCN1CCCC1C1CCCN1. The highest BCUT2D eigenvalue weighted by molar-refractivity contribution is 8.00. The highest BCUT2D eigenvalue weighted by atomic mass is 32.2. The molecule has 100 valence electrons. The van der Waals surface area contributed by atoms with Crippen LogP contribution in [-0.4, -0.2) is 47.9 Å². The van der Waals surface area contributed by atoms with Crippen molar-refractivity contribution in [2.24, 2.45) is 0 Å². The molecule has 2 aliphatic heterocycles. The summed E-state index contributed by atoms with van der Waals surface area (Å²) < 4.78 is 36.2. The fourth-order valence-electron chi connectivity index (χ4n) is 2.90. The van der Waals surface area contributed by atoms with Gasteiger partial charge < -0.3 is 5.32 Å². The van der Waals surface area contributed by atoms with E-state index in [1.807, 2.05) is 0 Å². The van der Waals surface area contributed by atoms with Crippen molar-refractivity contribution < 1.29 is 13.2 Å². The van der Waals surface area contributed by atoms with Crippen LogP contribution < -0.4 is 5.32 Å². The van der Waals surface area contributed by atoms with E-state index < -0.39 is 5.51 Å². The Morgan fingerprint density at radius 2 is 2.06 bits per heavy atom. The Hall–Kier alpha value is 0.0600. The molecule has 0 radical (unpaired) electrons. The first kappa shape index (κ1) is 13.5. The minimum atomic E-state index is -4.08. The lowest BCUT2D eigenvalue weighted by Gasteiger charge is -2.29. The minimum Gasteiger partial charge on any atom is -0.312 e. The summed E-state index contributed by atoms with van der Waals surface area (Å²) in [4.78, 5) is 2.24. The van der Waals surface area contributed by atoms with Gasteiger partial charge in [-0.05, 0) is 50.5 Å². The van der Waals surface area contributed by atoms with Crippen molar-refractivity contribution in [3.63, 3.8) is 0 Å². The average molecular weight is 268 g/mol. The van der Waals surface area contributed by atoms with Gasteiger partial charge in [-0.1, -0.05) is 0 Å². The van der Waals surface area contributed by atoms with Crippen molar-refractivity contribution >= 4 is 11.8 Å². The molecule has 6 heteroatoms. The highest BCUT2D eigenvalue weighted by Gasteiger charge is 2.34. The minimum absolute atomic E-state index is 0.103. The first-order valence-electron chi connectivity index (χ1n) is 6.24. The van der Waals surface area contributed by atoms with E-state index in [0.29, 0.717) is 18.6 Å². The van der Waals surface area contributed by atoms with Crippen LogP contribution in [0.5, 0.6) is 0 Å². The molecule has 2 unspecified atom stereocenters. The molecule has 2 saturated heterocycles. The summed E-state index contributed by atoms with van der Waals surface area (Å²) in [5, 5.41) is 3.46. The topological polar surface area (TPSA) is 15.3 Å². The molecule has 17 heavy (non-hydrogen) atoms. The second kappa shape index (κ2) is 5.80. The van der Waals surface area contributed by atoms with Gasteiger partial charge in [-0.15, -0.1) is 0 Å². The predicted octanol–water partition coefficient (Wildman–Crippen LogP) is 2.46. The number of alkyl halides is 3. The van der Waals surface area contributed by atoms with Crippen LogP contribution in [0.4, 0.5) is 13.2 Å². The van der Waals surface area contributed by atoms with Gasteiger partial charge in [0.1, 0.15) is 0 Å². The fraction of sp³-hybridized carbons (Fsp3) is 1.00. The summed E-state index contributed by atoms with van der Waals surface area (Å²) in [6, 6.07) is 0.972. The third-order valence-corrected chi connectivity index (χ3v) is 4.34. The zero-order chi connectivity index (χ0) is 12.3. The number of nitrogens with zero attached hydrogens (tertiary/aromatic N) is 1. The highest BCUT2D eigenvalue weighted by Crippen LogP contribution is 2.31. The molecule has 0 aromatic carbocycles. The summed E-state index contributed by atoms with van der Waals surface area (Å²) in [5.41, 5.74) is -4.08. The molecule has 0 aliphatic carbocycles. The molecule has 0 aromatic rings.